The van der Waals surface area contributed by atoms with Gasteiger partial charge in [-0.15, -0.1) is 0 Å². The van der Waals surface area contributed by atoms with E-state index in [4.69, 9.17) is 10.5 Å². The molecule has 1 saturated heterocycles. The molecular formula is C17H23N5O. The summed E-state index contributed by atoms with van der Waals surface area (Å²) in [5.41, 5.74) is 8.76. The van der Waals surface area contributed by atoms with Gasteiger partial charge in [0.2, 0.25) is 0 Å². The van der Waals surface area contributed by atoms with Crippen LogP contribution in [0.25, 0.3) is 11.3 Å². The third kappa shape index (κ3) is 3.37. The van der Waals surface area contributed by atoms with Crippen molar-refractivity contribution in [3.8, 4) is 17.0 Å². The molecule has 0 bridgehead atoms. The van der Waals surface area contributed by atoms with Crippen LogP contribution in [0.1, 0.15) is 6.92 Å². The fourth-order valence-corrected chi connectivity index (χ4v) is 2.76. The van der Waals surface area contributed by atoms with Crippen LogP contribution in [0.5, 0.6) is 5.75 Å². The van der Waals surface area contributed by atoms with E-state index in [1.165, 1.54) is 0 Å². The van der Waals surface area contributed by atoms with Crippen molar-refractivity contribution >= 4 is 11.5 Å². The number of hydrogen-bond donors (Lipinski definition) is 1. The Morgan fingerprint density at radius 3 is 2.43 bits per heavy atom. The van der Waals surface area contributed by atoms with Crippen molar-refractivity contribution in [2.45, 2.75) is 6.92 Å². The van der Waals surface area contributed by atoms with E-state index in [1.807, 2.05) is 31.2 Å². The number of nitrogen functional groups attached to an aromatic ring is 1. The molecule has 0 radical (unpaired) electrons. The predicted octanol–water partition coefficient (Wildman–Crippen LogP) is 1.88. The molecule has 0 unspecified atom stereocenters. The molecule has 1 aromatic carbocycles. The highest BCUT2D eigenvalue weighted by atomic mass is 16.5. The standard InChI is InChI=1S/C17H23N5O/c1-3-23-14-6-4-13(5-7-14)16-15(18)17(20-12-19-16)22-10-8-21(2)9-11-22/h4-7,12H,3,8-11,18H2,1-2H3. The minimum absolute atomic E-state index is 0.640. The van der Waals surface area contributed by atoms with Crippen molar-refractivity contribution in [3.63, 3.8) is 0 Å². The van der Waals surface area contributed by atoms with Gasteiger partial charge in [-0.3, -0.25) is 0 Å². The van der Waals surface area contributed by atoms with Crippen molar-refractivity contribution in [1.82, 2.24) is 14.9 Å². The number of nitrogens with zero attached hydrogens (tertiary/aromatic N) is 4. The molecule has 2 aromatic rings. The molecule has 0 amide bonds. The van der Waals surface area contributed by atoms with Crippen molar-refractivity contribution in [1.29, 1.82) is 0 Å². The molecule has 122 valence electrons. The Labute approximate surface area is 136 Å². The van der Waals surface area contributed by atoms with Gasteiger partial charge in [0.05, 0.1) is 12.3 Å². The third-order valence-electron chi connectivity index (χ3n) is 4.10. The minimum atomic E-state index is 0.640. The zero-order chi connectivity index (χ0) is 16.2. The van der Waals surface area contributed by atoms with Gasteiger partial charge in [-0.2, -0.15) is 0 Å². The lowest BCUT2D eigenvalue weighted by Crippen LogP contribution is -2.45. The van der Waals surface area contributed by atoms with E-state index in [1.54, 1.807) is 6.33 Å². The summed E-state index contributed by atoms with van der Waals surface area (Å²) in [6.45, 7) is 6.52. The SMILES string of the molecule is CCOc1ccc(-c2ncnc(N3CCN(C)CC3)c2N)cc1. The minimum Gasteiger partial charge on any atom is -0.494 e. The molecule has 0 aliphatic carbocycles. The summed E-state index contributed by atoms with van der Waals surface area (Å²) in [6, 6.07) is 7.85. The Hall–Kier alpha value is -2.34. The Bertz CT molecular complexity index is 651. The lowest BCUT2D eigenvalue weighted by atomic mass is 10.1. The molecule has 1 fully saturated rings. The van der Waals surface area contributed by atoms with Crippen LogP contribution in [0, 0.1) is 0 Å². The Morgan fingerprint density at radius 1 is 1.09 bits per heavy atom. The molecule has 1 aromatic heterocycles. The second-order valence-corrected chi connectivity index (χ2v) is 5.71. The summed E-state index contributed by atoms with van der Waals surface area (Å²) in [7, 11) is 2.13. The van der Waals surface area contributed by atoms with Gasteiger partial charge >= 0.3 is 0 Å². The molecule has 6 nitrogen and oxygen atoms in total. The summed E-state index contributed by atoms with van der Waals surface area (Å²) in [5, 5.41) is 0. The van der Waals surface area contributed by atoms with E-state index in [9.17, 15) is 0 Å². The zero-order valence-corrected chi connectivity index (χ0v) is 13.7. The van der Waals surface area contributed by atoms with Gasteiger partial charge in [-0.25, -0.2) is 9.97 Å². The average Bonchev–Trinajstić information content (AvgIpc) is 2.57. The molecule has 0 saturated carbocycles. The number of piperazine rings is 1. The average molecular weight is 313 g/mol. The molecule has 1 aliphatic rings. The normalized spacial score (nSPS) is 15.7. The van der Waals surface area contributed by atoms with Gasteiger partial charge in [0.1, 0.15) is 17.8 Å². The first kappa shape index (κ1) is 15.6. The predicted molar refractivity (Wildman–Crippen MR) is 92.8 cm³/mol. The van der Waals surface area contributed by atoms with Gasteiger partial charge < -0.3 is 20.3 Å². The molecule has 0 spiro atoms. The maximum atomic E-state index is 6.37. The number of anilines is 2. The van der Waals surface area contributed by atoms with Crippen LogP contribution in [0.3, 0.4) is 0 Å². The topological polar surface area (TPSA) is 67.5 Å². The number of rotatable bonds is 4. The maximum absolute atomic E-state index is 6.37. The number of aromatic nitrogens is 2. The number of nitrogens with two attached hydrogens (primary N) is 1. The first-order valence-corrected chi connectivity index (χ1v) is 7.96. The van der Waals surface area contributed by atoms with Crippen LogP contribution in [-0.2, 0) is 0 Å². The Balaban J connectivity index is 1.87. The fraction of sp³-hybridized carbons (Fsp3) is 0.412. The molecule has 0 atom stereocenters. The summed E-state index contributed by atoms with van der Waals surface area (Å²) < 4.78 is 5.48. The fourth-order valence-electron chi connectivity index (χ4n) is 2.76. The van der Waals surface area contributed by atoms with Crippen molar-refractivity contribution < 1.29 is 4.74 Å². The van der Waals surface area contributed by atoms with Crippen LogP contribution >= 0.6 is 0 Å². The van der Waals surface area contributed by atoms with E-state index in [2.05, 4.69) is 26.8 Å². The van der Waals surface area contributed by atoms with E-state index in [0.29, 0.717) is 12.3 Å². The van der Waals surface area contributed by atoms with E-state index in [-0.39, 0.29) is 0 Å². The molecular weight excluding hydrogens is 290 g/mol. The van der Waals surface area contributed by atoms with Gasteiger partial charge in [0.15, 0.2) is 5.82 Å². The molecule has 2 heterocycles. The highest BCUT2D eigenvalue weighted by Crippen LogP contribution is 2.31. The van der Waals surface area contributed by atoms with Crippen molar-refractivity contribution in [2.75, 3.05) is 50.5 Å². The van der Waals surface area contributed by atoms with E-state index in [0.717, 1.165) is 49.0 Å². The highest BCUT2D eigenvalue weighted by molar-refractivity contribution is 5.80. The molecule has 2 N–H and O–H groups in total. The lowest BCUT2D eigenvalue weighted by Gasteiger charge is -2.33. The van der Waals surface area contributed by atoms with Gasteiger partial charge in [-0.05, 0) is 38.2 Å². The molecule has 6 heteroatoms. The first-order valence-electron chi connectivity index (χ1n) is 7.96. The Morgan fingerprint density at radius 2 is 1.78 bits per heavy atom. The molecule has 3 rings (SSSR count). The number of hydrogen-bond acceptors (Lipinski definition) is 6. The molecule has 1 aliphatic heterocycles. The van der Waals surface area contributed by atoms with Crippen LogP contribution in [0.4, 0.5) is 11.5 Å². The lowest BCUT2D eigenvalue weighted by molar-refractivity contribution is 0.312. The second-order valence-electron chi connectivity index (χ2n) is 5.71. The molecule has 23 heavy (non-hydrogen) atoms. The summed E-state index contributed by atoms with van der Waals surface area (Å²) in [6.07, 6.45) is 1.59. The number of likely N-dealkylation sites (N-methyl/N-ethyl adjacent to an activating group) is 1. The summed E-state index contributed by atoms with van der Waals surface area (Å²) >= 11 is 0. The van der Waals surface area contributed by atoms with E-state index >= 15 is 0 Å². The first-order chi connectivity index (χ1) is 11.2. The zero-order valence-electron chi connectivity index (χ0n) is 13.7. The van der Waals surface area contributed by atoms with Gasteiger partial charge in [-0.1, -0.05) is 0 Å². The quantitative estimate of drug-likeness (QED) is 0.929. The summed E-state index contributed by atoms with van der Waals surface area (Å²) in [5.74, 6) is 1.68. The van der Waals surface area contributed by atoms with Gasteiger partial charge in [0.25, 0.3) is 0 Å². The van der Waals surface area contributed by atoms with Crippen LogP contribution in [0.2, 0.25) is 0 Å². The second kappa shape index (κ2) is 6.83. The van der Waals surface area contributed by atoms with Crippen LogP contribution in [-0.4, -0.2) is 54.7 Å². The van der Waals surface area contributed by atoms with Crippen LogP contribution < -0.4 is 15.4 Å². The van der Waals surface area contributed by atoms with Gasteiger partial charge in [0, 0.05) is 31.7 Å². The largest absolute Gasteiger partial charge is 0.494 e. The number of ether oxygens (including phenoxy) is 1. The maximum Gasteiger partial charge on any atom is 0.155 e. The van der Waals surface area contributed by atoms with E-state index < -0.39 is 0 Å². The summed E-state index contributed by atoms with van der Waals surface area (Å²) in [4.78, 5) is 13.3. The van der Waals surface area contributed by atoms with Crippen molar-refractivity contribution in [2.24, 2.45) is 0 Å². The smallest absolute Gasteiger partial charge is 0.155 e. The Kier molecular flexibility index (Phi) is 4.62. The monoisotopic (exact) mass is 313 g/mol. The highest BCUT2D eigenvalue weighted by Gasteiger charge is 2.19. The van der Waals surface area contributed by atoms with Crippen molar-refractivity contribution in [3.05, 3.63) is 30.6 Å². The number of benzene rings is 1. The van der Waals surface area contributed by atoms with Crippen LogP contribution in [0.15, 0.2) is 30.6 Å². The third-order valence-corrected chi connectivity index (χ3v) is 4.10.